The Morgan fingerprint density at radius 1 is 1.19 bits per heavy atom. The molecule has 0 saturated carbocycles. The van der Waals surface area contributed by atoms with E-state index in [-0.39, 0.29) is 11.0 Å². The average molecular weight is 363 g/mol. The Balaban J connectivity index is 1.45. The summed E-state index contributed by atoms with van der Waals surface area (Å²) in [6.07, 6.45) is 4.09. The van der Waals surface area contributed by atoms with Crippen LogP contribution >= 0.6 is 0 Å². The molecule has 0 amide bonds. The highest BCUT2D eigenvalue weighted by Gasteiger charge is 2.43. The summed E-state index contributed by atoms with van der Waals surface area (Å²) >= 11 is 0. The maximum atomic E-state index is 12.5. The van der Waals surface area contributed by atoms with E-state index in [2.05, 4.69) is 53.0 Å². The van der Waals surface area contributed by atoms with Gasteiger partial charge in [-0.25, -0.2) is 0 Å². The van der Waals surface area contributed by atoms with Crippen LogP contribution in [0.15, 0.2) is 41.3 Å². The van der Waals surface area contributed by atoms with E-state index in [1.807, 2.05) is 16.8 Å². The number of rotatable bonds is 2. The van der Waals surface area contributed by atoms with Gasteiger partial charge in [0.1, 0.15) is 5.65 Å². The summed E-state index contributed by atoms with van der Waals surface area (Å²) in [6, 6.07) is 10.6. The number of nitrogens with zero attached hydrogens (tertiary/aromatic N) is 4. The monoisotopic (exact) mass is 363 g/mol. The summed E-state index contributed by atoms with van der Waals surface area (Å²) < 4.78 is 2.03. The van der Waals surface area contributed by atoms with Crippen LogP contribution in [-0.4, -0.2) is 41.2 Å². The first-order chi connectivity index (χ1) is 13.1. The number of likely N-dealkylation sites (N-methyl/N-ethyl adjacent to an activating group) is 1. The Kier molecular flexibility index (Phi) is 3.57. The lowest BCUT2D eigenvalue weighted by Crippen LogP contribution is -2.45. The molecular weight excluding hydrogens is 338 g/mol. The molecule has 1 fully saturated rings. The number of anilines is 2. The SMILES string of the molecule is CCn1ccc2c(=O)[nH]c(N3CCC4(CC3)CN(C)c3ccccc34)nc21. The topological polar surface area (TPSA) is 57.2 Å². The predicted octanol–water partition coefficient (Wildman–Crippen LogP) is 2.73. The first-order valence-corrected chi connectivity index (χ1v) is 9.76. The number of hydrogen-bond donors (Lipinski definition) is 1. The molecule has 6 heteroatoms. The number of aromatic nitrogens is 3. The van der Waals surface area contributed by atoms with Crippen molar-refractivity contribution in [2.45, 2.75) is 31.7 Å². The number of para-hydroxylation sites is 1. The fourth-order valence-electron chi connectivity index (χ4n) is 4.92. The fraction of sp³-hybridized carbons (Fsp3) is 0.429. The molecule has 5 rings (SSSR count). The number of aromatic amines is 1. The number of benzene rings is 1. The Hall–Kier alpha value is -2.76. The van der Waals surface area contributed by atoms with Gasteiger partial charge in [0.2, 0.25) is 5.95 Å². The van der Waals surface area contributed by atoms with Gasteiger partial charge in [0.25, 0.3) is 5.56 Å². The van der Waals surface area contributed by atoms with Crippen molar-refractivity contribution in [3.8, 4) is 0 Å². The van der Waals surface area contributed by atoms with E-state index in [0.717, 1.165) is 44.7 Å². The van der Waals surface area contributed by atoms with Crippen molar-refractivity contribution in [2.75, 3.05) is 36.5 Å². The second-order valence-corrected chi connectivity index (χ2v) is 7.87. The first kappa shape index (κ1) is 16.4. The number of aryl methyl sites for hydroxylation is 1. The van der Waals surface area contributed by atoms with Crippen molar-refractivity contribution in [3.05, 3.63) is 52.4 Å². The van der Waals surface area contributed by atoms with Gasteiger partial charge in [-0.1, -0.05) is 18.2 Å². The number of H-pyrrole nitrogens is 1. The zero-order chi connectivity index (χ0) is 18.6. The minimum Gasteiger partial charge on any atom is -0.373 e. The van der Waals surface area contributed by atoms with Gasteiger partial charge in [0.15, 0.2) is 0 Å². The molecule has 1 saturated heterocycles. The lowest BCUT2D eigenvalue weighted by atomic mass is 9.74. The lowest BCUT2D eigenvalue weighted by molar-refractivity contribution is 0.351. The molecule has 1 N–H and O–H groups in total. The number of piperidine rings is 1. The van der Waals surface area contributed by atoms with E-state index in [1.54, 1.807) is 0 Å². The molecule has 2 aliphatic heterocycles. The molecule has 0 radical (unpaired) electrons. The number of hydrogen-bond acceptors (Lipinski definition) is 4. The third-order valence-corrected chi connectivity index (χ3v) is 6.40. The van der Waals surface area contributed by atoms with Gasteiger partial charge in [-0.2, -0.15) is 4.98 Å². The lowest BCUT2D eigenvalue weighted by Gasteiger charge is -2.40. The second-order valence-electron chi connectivity index (χ2n) is 7.87. The maximum Gasteiger partial charge on any atom is 0.261 e. The van der Waals surface area contributed by atoms with Gasteiger partial charge in [-0.05, 0) is 37.5 Å². The van der Waals surface area contributed by atoms with Crippen LogP contribution in [0, 0.1) is 0 Å². The zero-order valence-corrected chi connectivity index (χ0v) is 15.9. The van der Waals surface area contributed by atoms with Crippen LogP contribution < -0.4 is 15.4 Å². The van der Waals surface area contributed by atoms with Crippen molar-refractivity contribution in [1.82, 2.24) is 14.5 Å². The number of nitrogens with one attached hydrogen (secondary N) is 1. The Labute approximate surface area is 158 Å². The second kappa shape index (κ2) is 5.87. The standard InChI is InChI=1S/C21H25N5O/c1-3-25-11-8-15-18(25)22-20(23-19(15)27)26-12-9-21(10-13-26)14-24(2)17-7-5-4-6-16(17)21/h4-8,11H,3,9-10,12-14H2,1-2H3,(H,22,23,27). The van der Waals surface area contributed by atoms with E-state index in [0.29, 0.717) is 11.3 Å². The molecule has 0 atom stereocenters. The van der Waals surface area contributed by atoms with Gasteiger partial charge in [0, 0.05) is 50.5 Å². The summed E-state index contributed by atoms with van der Waals surface area (Å²) in [5.74, 6) is 0.704. The molecule has 2 aromatic heterocycles. The van der Waals surface area contributed by atoms with Crippen LogP contribution in [0.25, 0.3) is 11.0 Å². The quantitative estimate of drug-likeness (QED) is 0.761. The third kappa shape index (κ3) is 2.39. The average Bonchev–Trinajstić information content (AvgIpc) is 3.23. The van der Waals surface area contributed by atoms with E-state index in [9.17, 15) is 4.79 Å². The van der Waals surface area contributed by atoms with Crippen LogP contribution in [-0.2, 0) is 12.0 Å². The van der Waals surface area contributed by atoms with Gasteiger partial charge < -0.3 is 14.4 Å². The molecule has 140 valence electrons. The highest BCUT2D eigenvalue weighted by atomic mass is 16.1. The minimum atomic E-state index is -0.0477. The molecule has 3 aromatic rings. The molecule has 1 spiro atoms. The van der Waals surface area contributed by atoms with E-state index in [4.69, 9.17) is 4.98 Å². The smallest absolute Gasteiger partial charge is 0.261 e. The molecule has 1 aromatic carbocycles. The Bertz CT molecular complexity index is 1060. The summed E-state index contributed by atoms with van der Waals surface area (Å²) in [4.78, 5) is 24.9. The van der Waals surface area contributed by atoms with Crippen molar-refractivity contribution < 1.29 is 0 Å². The van der Waals surface area contributed by atoms with Crippen molar-refractivity contribution in [2.24, 2.45) is 0 Å². The molecule has 27 heavy (non-hydrogen) atoms. The van der Waals surface area contributed by atoms with Crippen LogP contribution in [0.3, 0.4) is 0 Å². The molecular formula is C21H25N5O. The Morgan fingerprint density at radius 2 is 1.96 bits per heavy atom. The van der Waals surface area contributed by atoms with Gasteiger partial charge in [-0.15, -0.1) is 0 Å². The number of fused-ring (bicyclic) bond motifs is 3. The van der Waals surface area contributed by atoms with Gasteiger partial charge in [-0.3, -0.25) is 9.78 Å². The highest BCUT2D eigenvalue weighted by Crippen LogP contribution is 2.46. The minimum absolute atomic E-state index is 0.0477. The fourth-order valence-corrected chi connectivity index (χ4v) is 4.92. The van der Waals surface area contributed by atoms with E-state index in [1.165, 1.54) is 11.3 Å². The van der Waals surface area contributed by atoms with Crippen LogP contribution in [0.2, 0.25) is 0 Å². The Morgan fingerprint density at radius 3 is 2.74 bits per heavy atom. The van der Waals surface area contributed by atoms with Gasteiger partial charge in [0.05, 0.1) is 5.39 Å². The molecule has 4 heterocycles. The summed E-state index contributed by atoms with van der Waals surface area (Å²) in [5.41, 5.74) is 3.79. The largest absolute Gasteiger partial charge is 0.373 e. The summed E-state index contributed by atoms with van der Waals surface area (Å²) in [7, 11) is 2.19. The molecule has 0 aliphatic carbocycles. The molecule has 6 nitrogen and oxygen atoms in total. The molecule has 0 bridgehead atoms. The molecule has 2 aliphatic rings. The molecule has 0 unspecified atom stereocenters. The van der Waals surface area contributed by atoms with Crippen molar-refractivity contribution in [1.29, 1.82) is 0 Å². The van der Waals surface area contributed by atoms with Gasteiger partial charge >= 0.3 is 0 Å². The van der Waals surface area contributed by atoms with Crippen molar-refractivity contribution in [3.63, 3.8) is 0 Å². The first-order valence-electron chi connectivity index (χ1n) is 9.76. The van der Waals surface area contributed by atoms with E-state index < -0.39 is 0 Å². The summed E-state index contributed by atoms with van der Waals surface area (Å²) in [5, 5.41) is 0.667. The predicted molar refractivity (Wildman–Crippen MR) is 109 cm³/mol. The maximum absolute atomic E-state index is 12.5. The van der Waals surface area contributed by atoms with Crippen LogP contribution in [0.5, 0.6) is 0 Å². The zero-order valence-electron chi connectivity index (χ0n) is 15.9. The van der Waals surface area contributed by atoms with Crippen molar-refractivity contribution >= 4 is 22.7 Å². The summed E-state index contributed by atoms with van der Waals surface area (Å²) in [6.45, 7) is 5.76. The normalized spacial score (nSPS) is 18.4. The third-order valence-electron chi connectivity index (χ3n) is 6.40. The van der Waals surface area contributed by atoms with Crippen LogP contribution in [0.1, 0.15) is 25.3 Å². The van der Waals surface area contributed by atoms with Crippen LogP contribution in [0.4, 0.5) is 11.6 Å². The highest BCUT2D eigenvalue weighted by molar-refractivity contribution is 5.76. The van der Waals surface area contributed by atoms with E-state index >= 15 is 0 Å².